The summed E-state index contributed by atoms with van der Waals surface area (Å²) in [6.45, 7) is 0.788. The Morgan fingerprint density at radius 2 is 2.53 bits per heavy atom. The molecule has 2 N–H and O–H groups in total. The van der Waals surface area contributed by atoms with Gasteiger partial charge in [-0.25, -0.2) is 4.98 Å². The second-order valence-corrected chi connectivity index (χ2v) is 4.29. The van der Waals surface area contributed by atoms with Crippen molar-refractivity contribution in [2.24, 2.45) is 0 Å². The Morgan fingerprint density at radius 3 is 3.00 bits per heavy atom. The van der Waals surface area contributed by atoms with Crippen LogP contribution in [0.4, 0.5) is 0 Å². The highest BCUT2D eigenvalue weighted by Gasteiger charge is 2.41. The van der Waals surface area contributed by atoms with Crippen LogP contribution in [0.2, 0.25) is 0 Å². The number of nitrogens with one attached hydrogen (secondary N) is 1. The zero-order chi connectivity index (χ0) is 10.0. The number of aliphatic carboxylic acids is 1. The molecule has 0 radical (unpaired) electrons. The number of carbonyl (C=O) groups is 1. The Labute approximate surface area is 98.1 Å². The molecule has 0 spiro atoms. The number of nitrogens with zero attached hydrogens (tertiary/aromatic N) is 1. The molecular formula is C9H13ClN2O2S. The van der Waals surface area contributed by atoms with E-state index in [1.807, 2.05) is 5.38 Å². The molecule has 0 amide bonds. The summed E-state index contributed by atoms with van der Waals surface area (Å²) in [7, 11) is 0. The molecule has 1 aromatic rings. The van der Waals surface area contributed by atoms with Crippen molar-refractivity contribution in [3.05, 3.63) is 16.6 Å². The lowest BCUT2D eigenvalue weighted by molar-refractivity contribution is -0.144. The Balaban J connectivity index is 0.00000112. The number of hydrogen-bond donors (Lipinski definition) is 2. The monoisotopic (exact) mass is 248 g/mol. The summed E-state index contributed by atoms with van der Waals surface area (Å²) in [5.41, 5.74) is 1.83. The van der Waals surface area contributed by atoms with Gasteiger partial charge in [0.1, 0.15) is 5.54 Å². The highest BCUT2D eigenvalue weighted by Crippen LogP contribution is 2.24. The van der Waals surface area contributed by atoms with Crippen LogP contribution in [0.15, 0.2) is 10.9 Å². The third kappa shape index (κ3) is 2.48. The fourth-order valence-electron chi connectivity index (χ4n) is 1.85. The van der Waals surface area contributed by atoms with Gasteiger partial charge in [-0.05, 0) is 19.4 Å². The molecule has 0 unspecified atom stereocenters. The predicted molar refractivity (Wildman–Crippen MR) is 60.7 cm³/mol. The maximum absolute atomic E-state index is 11.2. The van der Waals surface area contributed by atoms with Gasteiger partial charge in [-0.15, -0.1) is 23.7 Å². The molecule has 2 rings (SSSR count). The number of aromatic nitrogens is 1. The Kier molecular flexibility index (Phi) is 4.07. The van der Waals surface area contributed by atoms with E-state index in [4.69, 9.17) is 0 Å². The molecule has 1 saturated heterocycles. The van der Waals surface area contributed by atoms with Crippen molar-refractivity contribution in [3.63, 3.8) is 0 Å². The van der Waals surface area contributed by atoms with Gasteiger partial charge in [0.15, 0.2) is 0 Å². The lowest BCUT2D eigenvalue weighted by Gasteiger charge is -2.23. The van der Waals surface area contributed by atoms with Gasteiger partial charge in [0.2, 0.25) is 0 Å². The fraction of sp³-hybridized carbons (Fsp3) is 0.556. The number of halogens is 1. The molecule has 0 bridgehead atoms. The van der Waals surface area contributed by atoms with E-state index in [0.29, 0.717) is 12.8 Å². The predicted octanol–water partition coefficient (Wildman–Crippen LogP) is 1.31. The summed E-state index contributed by atoms with van der Waals surface area (Å²) >= 11 is 1.50. The quantitative estimate of drug-likeness (QED) is 0.847. The maximum atomic E-state index is 11.2. The maximum Gasteiger partial charge on any atom is 0.324 e. The van der Waals surface area contributed by atoms with Crippen molar-refractivity contribution in [1.82, 2.24) is 10.3 Å². The Morgan fingerprint density at radius 1 is 1.73 bits per heavy atom. The van der Waals surface area contributed by atoms with Crippen LogP contribution >= 0.6 is 23.7 Å². The topological polar surface area (TPSA) is 62.2 Å². The highest BCUT2D eigenvalue weighted by atomic mass is 35.5. The first-order valence-electron chi connectivity index (χ1n) is 4.58. The molecule has 1 atom stereocenters. The Bertz CT molecular complexity index is 323. The van der Waals surface area contributed by atoms with Crippen LogP contribution in [0.3, 0.4) is 0 Å². The molecule has 84 valence electrons. The molecule has 1 aliphatic heterocycles. The summed E-state index contributed by atoms with van der Waals surface area (Å²) in [6.07, 6.45) is 2.11. The molecule has 1 aromatic heterocycles. The average Bonchev–Trinajstić information content (AvgIpc) is 2.76. The lowest BCUT2D eigenvalue weighted by atomic mass is 9.92. The van der Waals surface area contributed by atoms with Gasteiger partial charge in [-0.2, -0.15) is 0 Å². The smallest absolute Gasteiger partial charge is 0.324 e. The molecule has 2 heterocycles. The number of rotatable bonds is 3. The second-order valence-electron chi connectivity index (χ2n) is 3.57. The molecule has 15 heavy (non-hydrogen) atoms. The van der Waals surface area contributed by atoms with Crippen LogP contribution in [0.25, 0.3) is 0 Å². The first kappa shape index (κ1) is 12.4. The number of carboxylic acids is 1. The van der Waals surface area contributed by atoms with E-state index >= 15 is 0 Å². The van der Waals surface area contributed by atoms with E-state index < -0.39 is 11.5 Å². The van der Waals surface area contributed by atoms with Gasteiger partial charge >= 0.3 is 5.97 Å². The second kappa shape index (κ2) is 4.92. The summed E-state index contributed by atoms with van der Waals surface area (Å²) in [5.74, 6) is -0.761. The Hall–Kier alpha value is -0.650. The number of thiazole rings is 1. The molecule has 6 heteroatoms. The van der Waals surface area contributed by atoms with Crippen molar-refractivity contribution in [2.45, 2.75) is 24.8 Å². The first-order valence-corrected chi connectivity index (χ1v) is 5.53. The molecule has 0 saturated carbocycles. The van der Waals surface area contributed by atoms with Crippen molar-refractivity contribution < 1.29 is 9.90 Å². The standard InChI is InChI=1S/C9H12N2O2S.ClH/c12-8(13)9(2-1-3-11-9)4-7-5-14-6-10-7;/h5-6,11H,1-4H2,(H,12,13);1H/t9-;/m1./s1. The van der Waals surface area contributed by atoms with Crippen LogP contribution in [-0.4, -0.2) is 28.1 Å². The van der Waals surface area contributed by atoms with Gasteiger partial charge < -0.3 is 10.4 Å². The summed E-state index contributed by atoms with van der Waals surface area (Å²) in [4.78, 5) is 15.3. The van der Waals surface area contributed by atoms with Crippen LogP contribution in [0.1, 0.15) is 18.5 Å². The molecule has 4 nitrogen and oxygen atoms in total. The zero-order valence-corrected chi connectivity index (χ0v) is 9.74. The molecule has 1 aliphatic rings. The minimum Gasteiger partial charge on any atom is -0.480 e. The van der Waals surface area contributed by atoms with Crippen molar-refractivity contribution >= 4 is 29.7 Å². The van der Waals surface area contributed by atoms with Gasteiger partial charge in [-0.3, -0.25) is 4.79 Å². The summed E-state index contributed by atoms with van der Waals surface area (Å²) in [6, 6.07) is 0. The molecule has 0 aromatic carbocycles. The van der Waals surface area contributed by atoms with Crippen LogP contribution in [-0.2, 0) is 11.2 Å². The van der Waals surface area contributed by atoms with E-state index in [2.05, 4.69) is 10.3 Å². The van der Waals surface area contributed by atoms with Crippen molar-refractivity contribution in [2.75, 3.05) is 6.54 Å². The average molecular weight is 249 g/mol. The summed E-state index contributed by atoms with van der Waals surface area (Å²) < 4.78 is 0. The molecule has 0 aliphatic carbocycles. The largest absolute Gasteiger partial charge is 0.480 e. The third-order valence-corrected chi connectivity index (χ3v) is 3.25. The van der Waals surface area contributed by atoms with Gasteiger partial charge in [0, 0.05) is 11.8 Å². The van der Waals surface area contributed by atoms with E-state index in [1.165, 1.54) is 11.3 Å². The van der Waals surface area contributed by atoms with Gasteiger partial charge in [0.05, 0.1) is 11.2 Å². The highest BCUT2D eigenvalue weighted by molar-refractivity contribution is 7.07. The lowest BCUT2D eigenvalue weighted by Crippen LogP contribution is -2.49. The zero-order valence-electron chi connectivity index (χ0n) is 8.10. The van der Waals surface area contributed by atoms with Crippen LogP contribution < -0.4 is 5.32 Å². The molecular weight excluding hydrogens is 236 g/mol. The van der Waals surface area contributed by atoms with Crippen LogP contribution in [0.5, 0.6) is 0 Å². The minimum absolute atomic E-state index is 0. The number of hydrogen-bond acceptors (Lipinski definition) is 4. The summed E-state index contributed by atoms with van der Waals surface area (Å²) in [5, 5.41) is 14.2. The van der Waals surface area contributed by atoms with E-state index in [0.717, 1.165) is 18.7 Å². The van der Waals surface area contributed by atoms with Gasteiger partial charge in [0.25, 0.3) is 0 Å². The molecule has 1 fully saturated rings. The van der Waals surface area contributed by atoms with E-state index in [-0.39, 0.29) is 12.4 Å². The van der Waals surface area contributed by atoms with Gasteiger partial charge in [-0.1, -0.05) is 0 Å². The fourth-order valence-corrected chi connectivity index (χ4v) is 2.41. The normalized spacial score (nSPS) is 24.8. The third-order valence-electron chi connectivity index (χ3n) is 2.62. The van der Waals surface area contributed by atoms with E-state index in [9.17, 15) is 9.90 Å². The van der Waals surface area contributed by atoms with E-state index in [1.54, 1.807) is 5.51 Å². The number of carboxylic acid groups (broad SMARTS) is 1. The SMILES string of the molecule is Cl.O=C(O)[C@]1(Cc2cscn2)CCCN1. The minimum atomic E-state index is -0.770. The van der Waals surface area contributed by atoms with Crippen LogP contribution in [0, 0.1) is 0 Å². The first-order chi connectivity index (χ1) is 6.73. The van der Waals surface area contributed by atoms with Crippen molar-refractivity contribution in [1.29, 1.82) is 0 Å². The van der Waals surface area contributed by atoms with Crippen molar-refractivity contribution in [3.8, 4) is 0 Å².